The molecule has 0 aliphatic rings. The largest absolute Gasteiger partial charge is 0.321 e. The first-order chi connectivity index (χ1) is 10.9. The van der Waals surface area contributed by atoms with Crippen molar-refractivity contribution in [1.29, 1.82) is 5.26 Å². The third kappa shape index (κ3) is 4.04. The third-order valence-electron chi connectivity index (χ3n) is 3.44. The molecule has 0 aliphatic heterocycles. The minimum Gasteiger partial charge on any atom is -0.321 e. The Morgan fingerprint density at radius 1 is 1.17 bits per heavy atom. The van der Waals surface area contributed by atoms with Crippen LogP contribution in [-0.4, -0.2) is 5.91 Å². The van der Waals surface area contributed by atoms with E-state index in [2.05, 4.69) is 5.32 Å². The normalized spacial score (nSPS) is 11.0. The van der Waals surface area contributed by atoms with Gasteiger partial charge in [-0.15, -0.1) is 0 Å². The van der Waals surface area contributed by atoms with Crippen LogP contribution in [0.5, 0.6) is 0 Å². The number of amides is 1. The summed E-state index contributed by atoms with van der Waals surface area (Å²) in [4.78, 5) is 12.3. The van der Waals surface area contributed by atoms with Crippen molar-refractivity contribution in [2.75, 3.05) is 5.32 Å². The third-order valence-corrected chi connectivity index (χ3v) is 3.44. The van der Waals surface area contributed by atoms with Crippen LogP contribution in [0.25, 0.3) is 6.08 Å². The molecule has 23 heavy (non-hydrogen) atoms. The van der Waals surface area contributed by atoms with Crippen LogP contribution < -0.4 is 5.32 Å². The fourth-order valence-electron chi connectivity index (χ4n) is 2.47. The first-order valence-corrected chi connectivity index (χ1v) is 7.17. The molecule has 0 radical (unpaired) electrons. The Balaban J connectivity index is 2.30. The summed E-state index contributed by atoms with van der Waals surface area (Å²) in [6.07, 6.45) is 1.37. The smallest absolute Gasteiger partial charge is 0.266 e. The number of halogens is 1. The minimum absolute atomic E-state index is 0.0741. The quantitative estimate of drug-likeness (QED) is 0.679. The number of carbonyl (C=O) groups is 1. The summed E-state index contributed by atoms with van der Waals surface area (Å²) in [5.41, 5.74) is 4.05. The summed E-state index contributed by atoms with van der Waals surface area (Å²) in [7, 11) is 0. The molecule has 0 fully saturated rings. The second-order valence-electron chi connectivity index (χ2n) is 5.45. The van der Waals surface area contributed by atoms with Crippen LogP contribution in [0.2, 0.25) is 0 Å². The molecule has 0 aliphatic carbocycles. The van der Waals surface area contributed by atoms with Gasteiger partial charge in [0.2, 0.25) is 0 Å². The van der Waals surface area contributed by atoms with Crippen LogP contribution in [-0.2, 0) is 4.79 Å². The molecule has 0 spiro atoms. The zero-order chi connectivity index (χ0) is 17.0. The fraction of sp³-hybridized carbons (Fsp3) is 0.158. The second-order valence-corrected chi connectivity index (χ2v) is 5.45. The van der Waals surface area contributed by atoms with Crippen molar-refractivity contribution in [3.63, 3.8) is 0 Å². The van der Waals surface area contributed by atoms with Crippen LogP contribution in [0.3, 0.4) is 0 Å². The Morgan fingerprint density at radius 2 is 1.83 bits per heavy atom. The summed E-state index contributed by atoms with van der Waals surface area (Å²) in [6, 6.07) is 11.5. The standard InChI is InChI=1S/C19H17FN2O/c1-12-7-13(2)18(14(3)8-12)22-19(23)16(11-21)9-15-5-4-6-17(20)10-15/h4-10H,1-3H3,(H,22,23)/b16-9+. The van der Waals surface area contributed by atoms with E-state index in [9.17, 15) is 14.4 Å². The van der Waals surface area contributed by atoms with Crippen molar-refractivity contribution in [3.05, 3.63) is 70.0 Å². The van der Waals surface area contributed by atoms with Gasteiger partial charge in [-0.05, 0) is 55.7 Å². The lowest BCUT2D eigenvalue weighted by molar-refractivity contribution is -0.112. The number of aryl methyl sites for hydroxylation is 3. The van der Waals surface area contributed by atoms with Gasteiger partial charge in [0.1, 0.15) is 17.5 Å². The Hall–Kier alpha value is -2.93. The number of nitrogens with one attached hydrogen (secondary N) is 1. The van der Waals surface area contributed by atoms with Gasteiger partial charge in [-0.1, -0.05) is 29.8 Å². The van der Waals surface area contributed by atoms with Crippen molar-refractivity contribution >= 4 is 17.7 Å². The molecule has 4 heteroatoms. The number of hydrogen-bond donors (Lipinski definition) is 1. The minimum atomic E-state index is -0.508. The van der Waals surface area contributed by atoms with Gasteiger partial charge in [0.25, 0.3) is 5.91 Å². The van der Waals surface area contributed by atoms with E-state index in [4.69, 9.17) is 0 Å². The number of nitriles is 1. The summed E-state index contributed by atoms with van der Waals surface area (Å²) in [5, 5.41) is 12.0. The Bertz CT molecular complexity index is 808. The molecule has 0 saturated heterocycles. The van der Waals surface area contributed by atoms with Gasteiger partial charge in [0.15, 0.2) is 0 Å². The maximum absolute atomic E-state index is 13.2. The maximum Gasteiger partial charge on any atom is 0.266 e. The molecular weight excluding hydrogens is 291 g/mol. The predicted molar refractivity (Wildman–Crippen MR) is 89.3 cm³/mol. The second kappa shape index (κ2) is 6.89. The van der Waals surface area contributed by atoms with Crippen LogP contribution in [0.1, 0.15) is 22.3 Å². The lowest BCUT2D eigenvalue weighted by Gasteiger charge is -2.12. The van der Waals surface area contributed by atoms with Crippen LogP contribution in [0.15, 0.2) is 42.0 Å². The Kier molecular flexibility index (Phi) is 4.92. The molecule has 0 heterocycles. The van der Waals surface area contributed by atoms with Crippen LogP contribution >= 0.6 is 0 Å². The zero-order valence-corrected chi connectivity index (χ0v) is 13.3. The summed E-state index contributed by atoms with van der Waals surface area (Å²) in [6.45, 7) is 5.78. The number of carbonyl (C=O) groups excluding carboxylic acids is 1. The fourth-order valence-corrected chi connectivity index (χ4v) is 2.47. The summed E-state index contributed by atoms with van der Waals surface area (Å²) in [5.74, 6) is -0.923. The van der Waals surface area contributed by atoms with Gasteiger partial charge < -0.3 is 5.32 Å². The number of anilines is 1. The van der Waals surface area contributed by atoms with E-state index in [-0.39, 0.29) is 5.57 Å². The van der Waals surface area contributed by atoms with E-state index in [1.807, 2.05) is 39.0 Å². The number of nitrogens with zero attached hydrogens (tertiary/aromatic N) is 1. The Morgan fingerprint density at radius 3 is 2.39 bits per heavy atom. The molecule has 0 saturated carbocycles. The highest BCUT2D eigenvalue weighted by molar-refractivity contribution is 6.10. The van der Waals surface area contributed by atoms with Gasteiger partial charge in [-0.3, -0.25) is 4.79 Å². The first-order valence-electron chi connectivity index (χ1n) is 7.17. The molecule has 0 unspecified atom stereocenters. The molecule has 2 rings (SSSR count). The highest BCUT2D eigenvalue weighted by atomic mass is 19.1. The van der Waals surface area contributed by atoms with Crippen LogP contribution in [0.4, 0.5) is 10.1 Å². The molecule has 116 valence electrons. The molecule has 1 amide bonds. The molecule has 0 aromatic heterocycles. The number of benzene rings is 2. The lowest BCUT2D eigenvalue weighted by Crippen LogP contribution is -2.15. The maximum atomic E-state index is 13.2. The van der Waals surface area contributed by atoms with Crippen LogP contribution in [0, 0.1) is 37.9 Å². The van der Waals surface area contributed by atoms with Gasteiger partial charge in [-0.2, -0.15) is 5.26 Å². The van der Waals surface area contributed by atoms with E-state index in [0.29, 0.717) is 11.3 Å². The number of hydrogen-bond acceptors (Lipinski definition) is 2. The molecule has 1 N–H and O–H groups in total. The zero-order valence-electron chi connectivity index (χ0n) is 13.3. The molecule has 3 nitrogen and oxygen atoms in total. The highest BCUT2D eigenvalue weighted by Crippen LogP contribution is 2.22. The number of rotatable bonds is 3. The van der Waals surface area contributed by atoms with Crippen molar-refractivity contribution < 1.29 is 9.18 Å². The SMILES string of the molecule is Cc1cc(C)c(NC(=O)/C(C#N)=C/c2cccc(F)c2)c(C)c1. The van der Waals surface area contributed by atoms with Crippen molar-refractivity contribution in [2.45, 2.75) is 20.8 Å². The average Bonchev–Trinajstić information content (AvgIpc) is 2.48. The monoisotopic (exact) mass is 308 g/mol. The highest BCUT2D eigenvalue weighted by Gasteiger charge is 2.13. The Labute approximate surface area is 135 Å². The van der Waals surface area contributed by atoms with Crippen molar-refractivity contribution in [1.82, 2.24) is 0 Å². The molecule has 2 aromatic carbocycles. The lowest BCUT2D eigenvalue weighted by atomic mass is 10.0. The van der Waals surface area contributed by atoms with Gasteiger partial charge >= 0.3 is 0 Å². The van der Waals surface area contributed by atoms with Gasteiger partial charge in [0.05, 0.1) is 0 Å². The first kappa shape index (κ1) is 16.4. The average molecular weight is 308 g/mol. The van der Waals surface area contributed by atoms with Gasteiger partial charge in [-0.25, -0.2) is 4.39 Å². The van der Waals surface area contributed by atoms with E-state index in [0.717, 1.165) is 16.7 Å². The van der Waals surface area contributed by atoms with Gasteiger partial charge in [0, 0.05) is 5.69 Å². The van der Waals surface area contributed by atoms with E-state index in [1.165, 1.54) is 24.3 Å². The summed E-state index contributed by atoms with van der Waals surface area (Å²) >= 11 is 0. The topological polar surface area (TPSA) is 52.9 Å². The molecule has 0 bridgehead atoms. The molecule has 2 aromatic rings. The summed E-state index contributed by atoms with van der Waals surface area (Å²) < 4.78 is 13.2. The van der Waals surface area contributed by atoms with E-state index < -0.39 is 11.7 Å². The van der Waals surface area contributed by atoms with E-state index >= 15 is 0 Å². The van der Waals surface area contributed by atoms with E-state index in [1.54, 1.807) is 6.07 Å². The van der Waals surface area contributed by atoms with Crippen molar-refractivity contribution in [3.8, 4) is 6.07 Å². The molecular formula is C19H17FN2O. The molecule has 0 atom stereocenters. The predicted octanol–water partition coefficient (Wildman–Crippen LogP) is 4.30. The van der Waals surface area contributed by atoms with Crippen molar-refractivity contribution in [2.24, 2.45) is 0 Å².